The van der Waals surface area contributed by atoms with Crippen molar-refractivity contribution in [3.05, 3.63) is 46.5 Å². The first-order valence-electron chi connectivity index (χ1n) is 8.54. The number of carbonyl (C=O) groups excluding carboxylic acids is 2. The molecule has 0 radical (unpaired) electrons. The highest BCUT2D eigenvalue weighted by Crippen LogP contribution is 2.39. The number of ether oxygens (including phenoxy) is 2. The van der Waals surface area contributed by atoms with Crippen molar-refractivity contribution in [3.63, 3.8) is 0 Å². The zero-order valence-corrected chi connectivity index (χ0v) is 15.9. The molecule has 2 N–H and O–H groups in total. The fourth-order valence-electron chi connectivity index (χ4n) is 2.73. The van der Waals surface area contributed by atoms with Crippen LogP contribution < -0.4 is 20.1 Å². The number of benzene rings is 2. The van der Waals surface area contributed by atoms with Crippen molar-refractivity contribution in [2.45, 2.75) is 19.5 Å². The maximum atomic E-state index is 13.4. The second-order valence-corrected chi connectivity index (χ2v) is 6.64. The smallest absolute Gasteiger partial charge is 0.418 e. The van der Waals surface area contributed by atoms with Crippen molar-refractivity contribution in [3.8, 4) is 11.5 Å². The summed E-state index contributed by atoms with van der Waals surface area (Å²) in [4.78, 5) is 23.7. The van der Waals surface area contributed by atoms with Crippen LogP contribution in [0.25, 0.3) is 0 Å². The van der Waals surface area contributed by atoms with E-state index in [-0.39, 0.29) is 27.8 Å². The van der Waals surface area contributed by atoms with Crippen molar-refractivity contribution >= 4 is 34.8 Å². The van der Waals surface area contributed by atoms with Crippen molar-refractivity contribution in [1.82, 2.24) is 0 Å². The van der Waals surface area contributed by atoms with E-state index in [1.165, 1.54) is 25.1 Å². The molecule has 0 atom stereocenters. The fourth-order valence-corrected chi connectivity index (χ4v) is 2.99. The van der Waals surface area contributed by atoms with Gasteiger partial charge in [0.05, 0.1) is 29.5 Å². The number of hydrogen-bond donors (Lipinski definition) is 2. The number of anilines is 2. The lowest BCUT2D eigenvalue weighted by atomic mass is 10.1. The van der Waals surface area contributed by atoms with E-state index in [9.17, 15) is 22.8 Å². The van der Waals surface area contributed by atoms with Gasteiger partial charge in [0.1, 0.15) is 0 Å². The maximum absolute atomic E-state index is 13.4. The first-order valence-corrected chi connectivity index (χ1v) is 8.92. The first kappa shape index (κ1) is 20.8. The average molecular weight is 429 g/mol. The quantitative estimate of drug-likeness (QED) is 0.741. The molecule has 3 rings (SSSR count). The zero-order chi connectivity index (χ0) is 21.2. The van der Waals surface area contributed by atoms with Gasteiger partial charge >= 0.3 is 6.18 Å². The Hall–Kier alpha value is -2.94. The molecule has 0 saturated carbocycles. The van der Waals surface area contributed by atoms with Gasteiger partial charge in [0.15, 0.2) is 11.5 Å². The Morgan fingerprint density at radius 2 is 1.79 bits per heavy atom. The largest absolute Gasteiger partial charge is 0.489 e. The number of hydrogen-bond acceptors (Lipinski definition) is 4. The summed E-state index contributed by atoms with van der Waals surface area (Å²) in [5.74, 6) is -0.786. The number of rotatable bonds is 3. The van der Waals surface area contributed by atoms with Crippen LogP contribution in [0.15, 0.2) is 30.3 Å². The summed E-state index contributed by atoms with van der Waals surface area (Å²) in [5, 5.41) is 4.63. The lowest BCUT2D eigenvalue weighted by molar-refractivity contribution is -0.137. The first-order chi connectivity index (χ1) is 13.6. The van der Waals surface area contributed by atoms with Gasteiger partial charge in [0.25, 0.3) is 5.91 Å². The SMILES string of the molecule is CC(=O)Nc1ccc(NC(=O)c2cc(Cl)c3c(c2)OCCCO3)c(C(F)(F)F)c1. The highest BCUT2D eigenvalue weighted by Gasteiger charge is 2.34. The fraction of sp³-hybridized carbons (Fsp3) is 0.263. The lowest BCUT2D eigenvalue weighted by Crippen LogP contribution is -2.17. The second kappa shape index (κ2) is 8.20. The van der Waals surface area contributed by atoms with Crippen molar-refractivity contribution in [2.75, 3.05) is 23.8 Å². The molecule has 1 aliphatic heterocycles. The van der Waals surface area contributed by atoms with Crippen LogP contribution in [0.3, 0.4) is 0 Å². The van der Waals surface area contributed by atoms with Crippen LogP contribution >= 0.6 is 11.6 Å². The van der Waals surface area contributed by atoms with E-state index < -0.39 is 29.2 Å². The van der Waals surface area contributed by atoms with E-state index in [2.05, 4.69) is 10.6 Å². The van der Waals surface area contributed by atoms with Gasteiger partial charge in [-0.1, -0.05) is 11.6 Å². The molecule has 0 aromatic heterocycles. The summed E-state index contributed by atoms with van der Waals surface area (Å²) in [5.41, 5.74) is -1.59. The molecule has 0 unspecified atom stereocenters. The molecular formula is C19H16ClF3N2O4. The Balaban J connectivity index is 1.91. The molecule has 1 aliphatic rings. The molecule has 6 nitrogen and oxygen atoms in total. The number of amides is 2. The minimum absolute atomic E-state index is 0.0123. The van der Waals surface area contributed by atoms with Crippen LogP contribution in [-0.2, 0) is 11.0 Å². The third kappa shape index (κ3) is 4.92. The van der Waals surface area contributed by atoms with Gasteiger partial charge < -0.3 is 20.1 Å². The third-order valence-corrected chi connectivity index (χ3v) is 4.24. The molecule has 29 heavy (non-hydrogen) atoms. The summed E-state index contributed by atoms with van der Waals surface area (Å²) in [6.45, 7) is 1.93. The lowest BCUT2D eigenvalue weighted by Gasteiger charge is -2.16. The van der Waals surface area contributed by atoms with Crippen molar-refractivity contribution in [1.29, 1.82) is 0 Å². The maximum Gasteiger partial charge on any atom is 0.418 e. The molecule has 2 aromatic carbocycles. The van der Waals surface area contributed by atoms with E-state index in [1.807, 2.05) is 0 Å². The van der Waals surface area contributed by atoms with Crippen molar-refractivity contribution in [2.24, 2.45) is 0 Å². The second-order valence-electron chi connectivity index (χ2n) is 6.23. The van der Waals surface area contributed by atoms with Gasteiger partial charge in [-0.15, -0.1) is 0 Å². The number of carbonyl (C=O) groups is 2. The summed E-state index contributed by atoms with van der Waals surface area (Å²) < 4.78 is 51.3. The monoisotopic (exact) mass is 428 g/mol. The van der Waals surface area contributed by atoms with Crippen LogP contribution in [0.4, 0.5) is 24.5 Å². The molecule has 0 spiro atoms. The molecule has 154 valence electrons. The minimum Gasteiger partial charge on any atom is -0.489 e. The molecule has 10 heteroatoms. The Morgan fingerprint density at radius 3 is 2.48 bits per heavy atom. The van der Waals surface area contributed by atoms with Crippen LogP contribution in [-0.4, -0.2) is 25.0 Å². The van der Waals surface area contributed by atoms with Crippen LogP contribution in [0.2, 0.25) is 5.02 Å². The van der Waals surface area contributed by atoms with Crippen molar-refractivity contribution < 1.29 is 32.2 Å². The normalized spacial score (nSPS) is 13.4. The summed E-state index contributed by atoms with van der Waals surface area (Å²) >= 11 is 6.13. The Bertz CT molecular complexity index is 963. The van der Waals surface area contributed by atoms with Gasteiger partial charge in [-0.05, 0) is 30.3 Å². The van der Waals surface area contributed by atoms with Gasteiger partial charge in [-0.25, -0.2) is 0 Å². The Kier molecular flexibility index (Phi) is 5.88. The average Bonchev–Trinajstić information content (AvgIpc) is 2.87. The van der Waals surface area contributed by atoms with Gasteiger partial charge in [0, 0.05) is 24.6 Å². The molecule has 0 saturated heterocycles. The minimum atomic E-state index is -4.75. The molecule has 0 bridgehead atoms. The standard InChI is InChI=1S/C19H16ClF3N2O4/c1-10(26)24-12-3-4-15(13(9-12)19(21,22)23)25-18(27)11-7-14(20)17-16(8-11)28-5-2-6-29-17/h3-4,7-9H,2,5-6H2,1H3,(H,24,26)(H,25,27). The van der Waals surface area contributed by atoms with Crippen LogP contribution in [0.5, 0.6) is 11.5 Å². The van der Waals surface area contributed by atoms with E-state index >= 15 is 0 Å². The van der Waals surface area contributed by atoms with Crippen LogP contribution in [0, 0.1) is 0 Å². The van der Waals surface area contributed by atoms with Crippen LogP contribution in [0.1, 0.15) is 29.3 Å². The highest BCUT2D eigenvalue weighted by molar-refractivity contribution is 6.32. The molecular weight excluding hydrogens is 413 g/mol. The van der Waals surface area contributed by atoms with E-state index in [4.69, 9.17) is 21.1 Å². The molecule has 1 heterocycles. The zero-order valence-electron chi connectivity index (χ0n) is 15.2. The predicted octanol–water partition coefficient (Wildman–Crippen LogP) is 4.73. The number of nitrogens with one attached hydrogen (secondary N) is 2. The van der Waals surface area contributed by atoms with Gasteiger partial charge in [-0.2, -0.15) is 13.2 Å². The summed E-state index contributed by atoms with van der Waals surface area (Å²) in [6, 6.07) is 5.73. The van der Waals surface area contributed by atoms with Gasteiger partial charge in [-0.3, -0.25) is 9.59 Å². The highest BCUT2D eigenvalue weighted by atomic mass is 35.5. The topological polar surface area (TPSA) is 76.7 Å². The van der Waals surface area contributed by atoms with E-state index in [0.717, 1.165) is 12.1 Å². The summed E-state index contributed by atoms with van der Waals surface area (Å²) in [7, 11) is 0. The predicted molar refractivity (Wildman–Crippen MR) is 101 cm³/mol. The molecule has 2 aromatic rings. The number of alkyl halides is 3. The molecule has 0 fully saturated rings. The summed E-state index contributed by atoms with van der Waals surface area (Å²) in [6.07, 6.45) is -4.12. The molecule has 2 amide bonds. The van der Waals surface area contributed by atoms with Gasteiger partial charge in [0.2, 0.25) is 5.91 Å². The Labute approximate surface area is 168 Å². The number of fused-ring (bicyclic) bond motifs is 1. The molecule has 0 aliphatic carbocycles. The van der Waals surface area contributed by atoms with E-state index in [1.54, 1.807) is 0 Å². The van der Waals surface area contributed by atoms with E-state index in [0.29, 0.717) is 19.6 Å². The third-order valence-electron chi connectivity index (χ3n) is 3.96. The Morgan fingerprint density at radius 1 is 1.07 bits per heavy atom. The number of halogens is 4.